The molecule has 0 amide bonds. The van der Waals surface area contributed by atoms with Crippen LogP contribution in [0.1, 0.15) is 40.0 Å². The molecule has 16 heavy (non-hydrogen) atoms. The van der Waals surface area contributed by atoms with E-state index in [0.717, 1.165) is 19.6 Å². The predicted octanol–water partition coefficient (Wildman–Crippen LogP) is 1.61. The van der Waals surface area contributed by atoms with Gasteiger partial charge >= 0.3 is 0 Å². The summed E-state index contributed by atoms with van der Waals surface area (Å²) in [7, 11) is 0. The van der Waals surface area contributed by atoms with Gasteiger partial charge in [-0.3, -0.25) is 4.90 Å². The third-order valence-corrected chi connectivity index (χ3v) is 3.99. The zero-order valence-electron chi connectivity index (χ0n) is 10.9. The van der Waals surface area contributed by atoms with Crippen LogP contribution in [-0.4, -0.2) is 42.3 Å². The number of nitrogens with zero attached hydrogens (tertiary/aromatic N) is 1. The van der Waals surface area contributed by atoms with E-state index in [9.17, 15) is 0 Å². The smallest absolute Gasteiger partial charge is 0.0757 e. The van der Waals surface area contributed by atoms with Gasteiger partial charge in [-0.05, 0) is 46.1 Å². The molecule has 0 aromatic carbocycles. The molecule has 1 saturated heterocycles. The van der Waals surface area contributed by atoms with E-state index in [4.69, 9.17) is 10.5 Å². The van der Waals surface area contributed by atoms with E-state index in [2.05, 4.69) is 25.7 Å². The van der Waals surface area contributed by atoms with Crippen molar-refractivity contribution in [2.75, 3.05) is 19.6 Å². The van der Waals surface area contributed by atoms with Gasteiger partial charge in [-0.25, -0.2) is 0 Å². The Labute approximate surface area is 99.3 Å². The van der Waals surface area contributed by atoms with E-state index in [-0.39, 0.29) is 5.60 Å². The Hall–Kier alpha value is -0.120. The number of rotatable bonds is 2. The Morgan fingerprint density at radius 1 is 1.38 bits per heavy atom. The van der Waals surface area contributed by atoms with Gasteiger partial charge in [0.2, 0.25) is 0 Å². The Kier molecular flexibility index (Phi) is 3.57. The Morgan fingerprint density at radius 2 is 2.12 bits per heavy atom. The van der Waals surface area contributed by atoms with Crippen molar-refractivity contribution in [1.29, 1.82) is 0 Å². The first-order valence-electron chi connectivity index (χ1n) is 6.64. The molecule has 0 spiro atoms. The lowest BCUT2D eigenvalue weighted by Gasteiger charge is -2.45. The lowest BCUT2D eigenvalue weighted by molar-refractivity contribution is -0.140. The van der Waals surface area contributed by atoms with Crippen LogP contribution in [-0.2, 0) is 4.74 Å². The summed E-state index contributed by atoms with van der Waals surface area (Å²) >= 11 is 0. The molecular formula is C13H26N2O. The fraction of sp³-hybridized carbons (Fsp3) is 1.00. The lowest BCUT2D eigenvalue weighted by Crippen LogP contribution is -2.56. The van der Waals surface area contributed by atoms with Crippen molar-refractivity contribution in [3.05, 3.63) is 0 Å². The summed E-state index contributed by atoms with van der Waals surface area (Å²) in [6.45, 7) is 9.55. The number of morpholine rings is 1. The zero-order valence-corrected chi connectivity index (χ0v) is 10.9. The van der Waals surface area contributed by atoms with Gasteiger partial charge in [0.05, 0.1) is 11.7 Å². The predicted molar refractivity (Wildman–Crippen MR) is 66.4 cm³/mol. The van der Waals surface area contributed by atoms with Crippen LogP contribution in [0.25, 0.3) is 0 Å². The van der Waals surface area contributed by atoms with Crippen LogP contribution < -0.4 is 5.73 Å². The van der Waals surface area contributed by atoms with Crippen molar-refractivity contribution in [3.63, 3.8) is 0 Å². The highest BCUT2D eigenvalue weighted by Gasteiger charge is 2.38. The van der Waals surface area contributed by atoms with Crippen LogP contribution >= 0.6 is 0 Å². The van der Waals surface area contributed by atoms with E-state index in [1.54, 1.807) is 0 Å². The first-order chi connectivity index (χ1) is 7.52. The van der Waals surface area contributed by atoms with E-state index in [1.807, 2.05) is 0 Å². The summed E-state index contributed by atoms with van der Waals surface area (Å²) in [6.07, 6.45) is 4.33. The lowest BCUT2D eigenvalue weighted by atomic mass is 9.97. The van der Waals surface area contributed by atoms with Gasteiger partial charge in [0, 0.05) is 19.1 Å². The number of ether oxygens (including phenoxy) is 1. The van der Waals surface area contributed by atoms with Crippen molar-refractivity contribution in [3.8, 4) is 0 Å². The Bertz CT molecular complexity index is 242. The van der Waals surface area contributed by atoms with Crippen molar-refractivity contribution >= 4 is 0 Å². The highest BCUT2D eigenvalue weighted by Crippen LogP contribution is 2.33. The summed E-state index contributed by atoms with van der Waals surface area (Å²) in [5.74, 6) is 0.709. The standard InChI is InChI=1S/C13H26N2O/c1-10-8-15(9-13(2,3)16-10)12-6-4-5-11(12)7-14/h10-12H,4-9,14H2,1-3H3. The van der Waals surface area contributed by atoms with Crippen LogP contribution in [0.15, 0.2) is 0 Å². The zero-order chi connectivity index (χ0) is 11.8. The van der Waals surface area contributed by atoms with Gasteiger partial charge in [-0.15, -0.1) is 0 Å². The van der Waals surface area contributed by atoms with Crippen LogP contribution in [0, 0.1) is 5.92 Å². The molecule has 2 aliphatic rings. The Morgan fingerprint density at radius 3 is 2.75 bits per heavy atom. The van der Waals surface area contributed by atoms with E-state index >= 15 is 0 Å². The molecule has 0 bridgehead atoms. The summed E-state index contributed by atoms with van der Waals surface area (Å²) in [6, 6.07) is 0.704. The quantitative estimate of drug-likeness (QED) is 0.777. The van der Waals surface area contributed by atoms with Gasteiger partial charge < -0.3 is 10.5 Å². The normalized spacial score (nSPS) is 40.1. The van der Waals surface area contributed by atoms with E-state index in [0.29, 0.717) is 18.1 Å². The van der Waals surface area contributed by atoms with Crippen LogP contribution in [0.3, 0.4) is 0 Å². The monoisotopic (exact) mass is 226 g/mol. The average Bonchev–Trinajstić information content (AvgIpc) is 2.61. The maximum absolute atomic E-state index is 5.96. The third kappa shape index (κ3) is 2.58. The topological polar surface area (TPSA) is 38.5 Å². The molecule has 2 N–H and O–H groups in total. The van der Waals surface area contributed by atoms with E-state index < -0.39 is 0 Å². The summed E-state index contributed by atoms with van der Waals surface area (Å²) in [5, 5.41) is 0. The molecule has 1 heterocycles. The molecule has 0 aromatic heterocycles. The minimum Gasteiger partial charge on any atom is -0.370 e. The fourth-order valence-corrected chi connectivity index (χ4v) is 3.53. The molecule has 0 radical (unpaired) electrons. The third-order valence-electron chi connectivity index (χ3n) is 3.99. The van der Waals surface area contributed by atoms with Gasteiger partial charge in [0.15, 0.2) is 0 Å². The molecule has 3 nitrogen and oxygen atoms in total. The van der Waals surface area contributed by atoms with E-state index in [1.165, 1.54) is 19.3 Å². The SMILES string of the molecule is CC1CN(C2CCCC2CN)CC(C)(C)O1. The molecular weight excluding hydrogens is 200 g/mol. The van der Waals surface area contributed by atoms with Gasteiger partial charge in [0.1, 0.15) is 0 Å². The maximum atomic E-state index is 5.96. The van der Waals surface area contributed by atoms with Crippen LogP contribution in [0.2, 0.25) is 0 Å². The Balaban J connectivity index is 2.03. The van der Waals surface area contributed by atoms with Gasteiger partial charge in [-0.1, -0.05) is 6.42 Å². The fourth-order valence-electron chi connectivity index (χ4n) is 3.53. The van der Waals surface area contributed by atoms with Crippen molar-refractivity contribution in [2.45, 2.75) is 57.8 Å². The maximum Gasteiger partial charge on any atom is 0.0757 e. The average molecular weight is 226 g/mol. The van der Waals surface area contributed by atoms with Crippen LogP contribution in [0.4, 0.5) is 0 Å². The minimum atomic E-state index is -0.000590. The summed E-state index contributed by atoms with van der Waals surface area (Å²) in [4.78, 5) is 2.62. The summed E-state index contributed by atoms with van der Waals surface area (Å²) < 4.78 is 5.96. The second kappa shape index (κ2) is 4.63. The van der Waals surface area contributed by atoms with Gasteiger partial charge in [-0.2, -0.15) is 0 Å². The van der Waals surface area contributed by atoms with Crippen molar-refractivity contribution < 1.29 is 4.74 Å². The molecule has 3 unspecified atom stereocenters. The number of hydrogen-bond acceptors (Lipinski definition) is 3. The highest BCUT2D eigenvalue weighted by molar-refractivity contribution is 4.92. The second-order valence-corrected chi connectivity index (χ2v) is 6.11. The minimum absolute atomic E-state index is 0.000590. The molecule has 94 valence electrons. The number of hydrogen-bond donors (Lipinski definition) is 1. The molecule has 2 rings (SSSR count). The molecule has 3 heteroatoms. The van der Waals surface area contributed by atoms with Crippen molar-refractivity contribution in [1.82, 2.24) is 4.90 Å². The molecule has 3 atom stereocenters. The highest BCUT2D eigenvalue weighted by atomic mass is 16.5. The molecule has 0 aromatic rings. The summed E-state index contributed by atoms with van der Waals surface area (Å²) in [5.41, 5.74) is 5.87. The van der Waals surface area contributed by atoms with Crippen LogP contribution in [0.5, 0.6) is 0 Å². The molecule has 1 saturated carbocycles. The molecule has 1 aliphatic carbocycles. The molecule has 1 aliphatic heterocycles. The van der Waals surface area contributed by atoms with Gasteiger partial charge in [0.25, 0.3) is 0 Å². The molecule has 2 fully saturated rings. The largest absolute Gasteiger partial charge is 0.370 e. The van der Waals surface area contributed by atoms with Crippen molar-refractivity contribution in [2.24, 2.45) is 11.7 Å². The number of nitrogens with two attached hydrogens (primary N) is 1. The first-order valence-corrected chi connectivity index (χ1v) is 6.64. The first kappa shape index (κ1) is 12.3. The second-order valence-electron chi connectivity index (χ2n) is 6.11.